The molecule has 3 atom stereocenters. The number of benzene rings is 1. The Morgan fingerprint density at radius 2 is 1.90 bits per heavy atom. The summed E-state index contributed by atoms with van der Waals surface area (Å²) in [5, 5.41) is 0. The van der Waals surface area contributed by atoms with E-state index < -0.39 is 6.10 Å². The van der Waals surface area contributed by atoms with E-state index in [1.165, 1.54) is 24.3 Å². The average molecular weight is 411 g/mol. The highest BCUT2D eigenvalue weighted by molar-refractivity contribution is 5.81. The lowest BCUT2D eigenvalue weighted by atomic mass is 10.2. The standard InChI is InChI=1S/C24H26FNO4/c1-3-22(29-18-8-6-17(25)7-9-18)24(27)26(14-19-5-4-12-28-19)15-20-10-11-23(30-20)21-13-16(21)2/h4-12,16,21-22H,3,13-15H2,1-2H3. The number of ether oxygens (including phenoxy) is 1. The second kappa shape index (κ2) is 8.78. The number of carbonyl (C=O) groups excluding carboxylic acids is 1. The van der Waals surface area contributed by atoms with E-state index in [9.17, 15) is 9.18 Å². The molecule has 0 saturated heterocycles. The maximum absolute atomic E-state index is 13.3. The first-order valence-corrected chi connectivity index (χ1v) is 10.4. The molecule has 5 nitrogen and oxygen atoms in total. The highest BCUT2D eigenvalue weighted by atomic mass is 19.1. The van der Waals surface area contributed by atoms with Crippen LogP contribution in [0.1, 0.15) is 49.9 Å². The van der Waals surface area contributed by atoms with Crippen LogP contribution >= 0.6 is 0 Å². The summed E-state index contributed by atoms with van der Waals surface area (Å²) >= 11 is 0. The van der Waals surface area contributed by atoms with Crippen LogP contribution in [0.5, 0.6) is 5.75 Å². The minimum Gasteiger partial charge on any atom is -0.481 e. The zero-order chi connectivity index (χ0) is 21.1. The van der Waals surface area contributed by atoms with Crippen LogP contribution < -0.4 is 4.74 Å². The topological polar surface area (TPSA) is 55.8 Å². The molecular formula is C24H26FNO4. The Kier molecular flexibility index (Phi) is 5.93. The van der Waals surface area contributed by atoms with Gasteiger partial charge >= 0.3 is 0 Å². The predicted octanol–water partition coefficient (Wildman–Crippen LogP) is 5.52. The molecule has 0 spiro atoms. The maximum atomic E-state index is 13.3. The zero-order valence-corrected chi connectivity index (χ0v) is 17.2. The van der Waals surface area contributed by atoms with Crippen molar-refractivity contribution in [3.8, 4) is 5.75 Å². The molecule has 0 bridgehead atoms. The van der Waals surface area contributed by atoms with E-state index in [1.54, 1.807) is 17.2 Å². The number of rotatable bonds is 9. The molecule has 6 heteroatoms. The van der Waals surface area contributed by atoms with Crippen molar-refractivity contribution >= 4 is 5.91 Å². The summed E-state index contributed by atoms with van der Waals surface area (Å²) in [5.41, 5.74) is 0. The van der Waals surface area contributed by atoms with Gasteiger partial charge in [-0.3, -0.25) is 4.79 Å². The van der Waals surface area contributed by atoms with E-state index in [2.05, 4.69) is 6.92 Å². The van der Waals surface area contributed by atoms with Crippen LogP contribution in [-0.4, -0.2) is 16.9 Å². The van der Waals surface area contributed by atoms with Crippen molar-refractivity contribution in [3.63, 3.8) is 0 Å². The molecule has 1 aliphatic carbocycles. The summed E-state index contributed by atoms with van der Waals surface area (Å²) in [4.78, 5) is 15.0. The Labute approximate surface area is 175 Å². The highest BCUT2D eigenvalue weighted by Crippen LogP contribution is 2.47. The molecule has 2 heterocycles. The fourth-order valence-corrected chi connectivity index (χ4v) is 3.58. The van der Waals surface area contributed by atoms with E-state index in [1.807, 2.05) is 25.1 Å². The van der Waals surface area contributed by atoms with Gasteiger partial charge in [0.05, 0.1) is 19.4 Å². The minimum atomic E-state index is -0.691. The van der Waals surface area contributed by atoms with Gasteiger partial charge in [-0.05, 0) is 67.3 Å². The van der Waals surface area contributed by atoms with Gasteiger partial charge in [0.2, 0.25) is 0 Å². The van der Waals surface area contributed by atoms with Gasteiger partial charge in [-0.25, -0.2) is 4.39 Å². The van der Waals surface area contributed by atoms with Gasteiger partial charge < -0.3 is 18.5 Å². The minimum absolute atomic E-state index is 0.170. The lowest BCUT2D eigenvalue weighted by Gasteiger charge is -2.26. The summed E-state index contributed by atoms with van der Waals surface area (Å²) in [5.74, 6) is 3.48. The first-order chi connectivity index (χ1) is 14.5. The monoisotopic (exact) mass is 411 g/mol. The number of carbonyl (C=O) groups is 1. The molecule has 1 saturated carbocycles. The van der Waals surface area contributed by atoms with Crippen LogP contribution in [0.4, 0.5) is 4.39 Å². The molecule has 1 aromatic carbocycles. The summed E-state index contributed by atoms with van der Waals surface area (Å²) in [6, 6.07) is 13.3. The van der Waals surface area contributed by atoms with Crippen molar-refractivity contribution < 1.29 is 22.8 Å². The average Bonchev–Trinajstić information content (AvgIpc) is 3.13. The van der Waals surface area contributed by atoms with E-state index in [4.69, 9.17) is 13.6 Å². The van der Waals surface area contributed by atoms with E-state index >= 15 is 0 Å². The third kappa shape index (κ3) is 4.75. The lowest BCUT2D eigenvalue weighted by molar-refractivity contribution is -0.140. The SMILES string of the molecule is CCC(Oc1ccc(F)cc1)C(=O)N(Cc1ccco1)Cc1ccc(C2CC2C)o1. The van der Waals surface area contributed by atoms with Gasteiger partial charge in [-0.2, -0.15) is 0 Å². The number of furan rings is 2. The number of hydrogen-bond donors (Lipinski definition) is 0. The zero-order valence-electron chi connectivity index (χ0n) is 17.2. The molecule has 0 N–H and O–H groups in total. The summed E-state index contributed by atoms with van der Waals surface area (Å²) in [6.45, 7) is 4.73. The van der Waals surface area contributed by atoms with E-state index in [-0.39, 0.29) is 11.7 Å². The molecule has 158 valence electrons. The van der Waals surface area contributed by atoms with Gasteiger partial charge in [0.15, 0.2) is 6.10 Å². The third-order valence-electron chi connectivity index (χ3n) is 5.48. The van der Waals surface area contributed by atoms with Gasteiger partial charge in [0.25, 0.3) is 5.91 Å². The smallest absolute Gasteiger partial charge is 0.264 e. The van der Waals surface area contributed by atoms with Crippen molar-refractivity contribution in [3.05, 3.63) is 77.9 Å². The molecule has 1 aliphatic rings. The van der Waals surface area contributed by atoms with Crippen molar-refractivity contribution in [2.24, 2.45) is 5.92 Å². The molecule has 1 amide bonds. The Bertz CT molecular complexity index is 964. The van der Waals surface area contributed by atoms with Crippen molar-refractivity contribution in [2.75, 3.05) is 0 Å². The maximum Gasteiger partial charge on any atom is 0.264 e. The van der Waals surface area contributed by atoms with Gasteiger partial charge in [0, 0.05) is 5.92 Å². The van der Waals surface area contributed by atoms with Crippen molar-refractivity contribution in [2.45, 2.75) is 51.8 Å². The molecule has 3 unspecified atom stereocenters. The summed E-state index contributed by atoms with van der Waals surface area (Å²) in [6.07, 6.45) is 2.52. The van der Waals surface area contributed by atoms with Crippen LogP contribution in [0, 0.1) is 11.7 Å². The van der Waals surface area contributed by atoms with Crippen LogP contribution in [0.25, 0.3) is 0 Å². The molecule has 0 radical (unpaired) electrons. The summed E-state index contributed by atoms with van der Waals surface area (Å²) < 4.78 is 30.5. The second-order valence-corrected chi connectivity index (χ2v) is 7.87. The lowest BCUT2D eigenvalue weighted by Crippen LogP contribution is -2.40. The fraction of sp³-hybridized carbons (Fsp3) is 0.375. The molecule has 0 aliphatic heterocycles. The first kappa shape index (κ1) is 20.3. The number of hydrogen-bond acceptors (Lipinski definition) is 4. The van der Waals surface area contributed by atoms with Crippen LogP contribution in [0.2, 0.25) is 0 Å². The molecule has 1 fully saturated rings. The van der Waals surface area contributed by atoms with Crippen LogP contribution in [-0.2, 0) is 17.9 Å². The van der Waals surface area contributed by atoms with Crippen molar-refractivity contribution in [1.82, 2.24) is 4.90 Å². The first-order valence-electron chi connectivity index (χ1n) is 10.4. The predicted molar refractivity (Wildman–Crippen MR) is 109 cm³/mol. The molecule has 3 aromatic rings. The van der Waals surface area contributed by atoms with Gasteiger partial charge in [-0.1, -0.05) is 13.8 Å². The largest absolute Gasteiger partial charge is 0.481 e. The third-order valence-corrected chi connectivity index (χ3v) is 5.48. The van der Waals surface area contributed by atoms with Crippen LogP contribution in [0.3, 0.4) is 0 Å². The molecular weight excluding hydrogens is 385 g/mol. The molecule has 2 aromatic heterocycles. The van der Waals surface area contributed by atoms with Gasteiger partial charge in [-0.15, -0.1) is 0 Å². The van der Waals surface area contributed by atoms with E-state index in [0.29, 0.717) is 42.9 Å². The Morgan fingerprint density at radius 1 is 1.17 bits per heavy atom. The highest BCUT2D eigenvalue weighted by Gasteiger charge is 2.37. The van der Waals surface area contributed by atoms with Crippen LogP contribution in [0.15, 0.2) is 63.6 Å². The second-order valence-electron chi connectivity index (χ2n) is 7.87. The van der Waals surface area contributed by atoms with E-state index in [0.717, 1.165) is 17.9 Å². The van der Waals surface area contributed by atoms with Crippen molar-refractivity contribution in [1.29, 1.82) is 0 Å². The Balaban J connectivity index is 1.50. The number of nitrogens with zero attached hydrogens (tertiary/aromatic N) is 1. The fourth-order valence-electron chi connectivity index (χ4n) is 3.58. The van der Waals surface area contributed by atoms with Gasteiger partial charge in [0.1, 0.15) is 28.8 Å². The molecule has 4 rings (SSSR count). The normalized spacial score (nSPS) is 18.8. The Hall–Kier alpha value is -3.02. The Morgan fingerprint density at radius 3 is 2.53 bits per heavy atom. The number of amides is 1. The number of halogens is 1. The quantitative estimate of drug-likeness (QED) is 0.465. The summed E-state index contributed by atoms with van der Waals surface area (Å²) in [7, 11) is 0. The molecule has 30 heavy (non-hydrogen) atoms.